The first kappa shape index (κ1) is 17.3. The van der Waals surface area contributed by atoms with Crippen molar-refractivity contribution < 1.29 is 14.3 Å². The third kappa shape index (κ3) is 3.78. The lowest BCUT2D eigenvalue weighted by atomic mass is 9.78. The van der Waals surface area contributed by atoms with Crippen LogP contribution in [0.4, 0.5) is 0 Å². The number of amides is 1. The molecule has 0 saturated heterocycles. The average Bonchev–Trinajstić information content (AvgIpc) is 3.16. The zero-order chi connectivity index (χ0) is 17.7. The molecule has 4 heteroatoms. The number of carbonyl (C=O) groups is 1. The number of rotatable bonds is 6. The van der Waals surface area contributed by atoms with E-state index in [0.717, 1.165) is 18.6 Å². The fourth-order valence-electron chi connectivity index (χ4n) is 3.68. The average molecular weight is 339 g/mol. The van der Waals surface area contributed by atoms with Crippen molar-refractivity contribution in [3.63, 3.8) is 0 Å². The van der Waals surface area contributed by atoms with E-state index in [1.54, 1.807) is 20.3 Å². The second kappa shape index (κ2) is 7.60. The summed E-state index contributed by atoms with van der Waals surface area (Å²) in [6.45, 7) is 0.648. The Morgan fingerprint density at radius 3 is 2.32 bits per heavy atom. The molecule has 4 nitrogen and oxygen atoms in total. The summed E-state index contributed by atoms with van der Waals surface area (Å²) in [7, 11) is 3.28. The maximum absolute atomic E-state index is 12.6. The van der Waals surface area contributed by atoms with Crippen molar-refractivity contribution >= 4 is 5.91 Å². The van der Waals surface area contributed by atoms with Crippen molar-refractivity contribution in [3.8, 4) is 11.5 Å². The molecule has 3 rings (SSSR count). The normalized spacial score (nSPS) is 15.6. The number of ether oxygens (including phenoxy) is 2. The lowest BCUT2D eigenvalue weighted by Crippen LogP contribution is -2.39. The predicted molar refractivity (Wildman–Crippen MR) is 98.5 cm³/mol. The van der Waals surface area contributed by atoms with Crippen molar-refractivity contribution in [1.82, 2.24) is 5.32 Å². The second-order valence-corrected chi connectivity index (χ2v) is 6.63. The molecule has 0 atom stereocenters. The van der Waals surface area contributed by atoms with Gasteiger partial charge in [0.15, 0.2) is 0 Å². The van der Waals surface area contributed by atoms with Crippen LogP contribution in [0.2, 0.25) is 0 Å². The molecule has 1 aliphatic rings. The van der Waals surface area contributed by atoms with Gasteiger partial charge in [0.05, 0.1) is 14.2 Å². The van der Waals surface area contributed by atoms with E-state index in [-0.39, 0.29) is 11.3 Å². The molecule has 0 spiro atoms. The van der Waals surface area contributed by atoms with E-state index >= 15 is 0 Å². The molecule has 1 saturated carbocycles. The summed E-state index contributed by atoms with van der Waals surface area (Å²) in [5.74, 6) is 1.49. The maximum atomic E-state index is 12.6. The van der Waals surface area contributed by atoms with Gasteiger partial charge in [-0.1, -0.05) is 31.0 Å². The largest absolute Gasteiger partial charge is 0.497 e. The van der Waals surface area contributed by atoms with Crippen LogP contribution in [-0.2, 0) is 5.41 Å². The number of carbonyl (C=O) groups excluding carboxylic acids is 1. The lowest BCUT2D eigenvalue weighted by Gasteiger charge is -2.30. The molecule has 132 valence electrons. The van der Waals surface area contributed by atoms with E-state index < -0.39 is 0 Å². The Hall–Kier alpha value is -2.49. The summed E-state index contributed by atoms with van der Waals surface area (Å²) in [6.07, 6.45) is 4.58. The van der Waals surface area contributed by atoms with Crippen LogP contribution in [-0.4, -0.2) is 26.7 Å². The fraction of sp³-hybridized carbons (Fsp3) is 0.381. The minimum atomic E-state index is -0.0568. The molecule has 0 aromatic heterocycles. The van der Waals surface area contributed by atoms with E-state index in [1.807, 2.05) is 30.3 Å². The van der Waals surface area contributed by atoms with Crippen molar-refractivity contribution in [2.24, 2.45) is 0 Å². The first-order chi connectivity index (χ1) is 12.2. The molecule has 0 bridgehead atoms. The van der Waals surface area contributed by atoms with E-state index in [4.69, 9.17) is 9.47 Å². The van der Waals surface area contributed by atoms with Crippen LogP contribution in [0.5, 0.6) is 11.5 Å². The van der Waals surface area contributed by atoms with Crippen LogP contribution in [0, 0.1) is 0 Å². The van der Waals surface area contributed by atoms with Crippen molar-refractivity contribution in [2.45, 2.75) is 31.1 Å². The highest BCUT2D eigenvalue weighted by Crippen LogP contribution is 2.41. The van der Waals surface area contributed by atoms with Crippen LogP contribution < -0.4 is 14.8 Å². The van der Waals surface area contributed by atoms with Gasteiger partial charge < -0.3 is 14.8 Å². The van der Waals surface area contributed by atoms with Gasteiger partial charge in [0.25, 0.3) is 5.91 Å². The molecule has 2 aromatic carbocycles. The molecule has 25 heavy (non-hydrogen) atoms. The first-order valence-corrected chi connectivity index (χ1v) is 8.74. The molecule has 0 radical (unpaired) electrons. The number of benzene rings is 2. The highest BCUT2D eigenvalue weighted by atomic mass is 16.5. The van der Waals surface area contributed by atoms with Gasteiger partial charge in [0.1, 0.15) is 11.5 Å². The van der Waals surface area contributed by atoms with E-state index in [2.05, 4.69) is 17.4 Å². The van der Waals surface area contributed by atoms with Crippen molar-refractivity contribution in [3.05, 3.63) is 59.7 Å². The van der Waals surface area contributed by atoms with Gasteiger partial charge in [0, 0.05) is 17.5 Å². The van der Waals surface area contributed by atoms with Gasteiger partial charge in [-0.2, -0.15) is 0 Å². The monoisotopic (exact) mass is 339 g/mol. The summed E-state index contributed by atoms with van der Waals surface area (Å²) < 4.78 is 10.5. The Morgan fingerprint density at radius 2 is 1.68 bits per heavy atom. The van der Waals surface area contributed by atoms with Gasteiger partial charge in [-0.25, -0.2) is 0 Å². The Balaban J connectivity index is 1.74. The number of hydrogen-bond acceptors (Lipinski definition) is 3. The quantitative estimate of drug-likeness (QED) is 0.867. The molecule has 0 aliphatic heterocycles. The zero-order valence-electron chi connectivity index (χ0n) is 14.9. The van der Waals surface area contributed by atoms with E-state index in [1.165, 1.54) is 18.4 Å². The molecule has 2 aromatic rings. The topological polar surface area (TPSA) is 47.6 Å². The lowest BCUT2D eigenvalue weighted by molar-refractivity contribution is 0.0942. The Morgan fingerprint density at radius 1 is 1.00 bits per heavy atom. The summed E-state index contributed by atoms with van der Waals surface area (Å²) in [4.78, 5) is 12.6. The Labute approximate surface area is 149 Å². The van der Waals surface area contributed by atoms with Crippen LogP contribution in [0.3, 0.4) is 0 Å². The Bertz CT molecular complexity index is 718. The predicted octanol–water partition coefficient (Wildman–Crippen LogP) is 3.95. The molecule has 1 fully saturated rings. The van der Waals surface area contributed by atoms with Gasteiger partial charge in [-0.15, -0.1) is 0 Å². The third-order valence-electron chi connectivity index (χ3n) is 5.18. The molecule has 1 N–H and O–H groups in total. The summed E-state index contributed by atoms with van der Waals surface area (Å²) in [5.41, 5.74) is 1.92. The van der Waals surface area contributed by atoms with Gasteiger partial charge in [-0.05, 0) is 48.7 Å². The maximum Gasteiger partial charge on any atom is 0.251 e. The van der Waals surface area contributed by atoms with Gasteiger partial charge in [0.2, 0.25) is 0 Å². The van der Waals surface area contributed by atoms with Crippen LogP contribution in [0.15, 0.2) is 48.5 Å². The van der Waals surface area contributed by atoms with Crippen LogP contribution >= 0.6 is 0 Å². The smallest absolute Gasteiger partial charge is 0.251 e. The van der Waals surface area contributed by atoms with E-state index in [0.29, 0.717) is 17.9 Å². The van der Waals surface area contributed by atoms with Gasteiger partial charge in [-0.3, -0.25) is 4.79 Å². The van der Waals surface area contributed by atoms with Crippen LogP contribution in [0.25, 0.3) is 0 Å². The standard InChI is InChI=1S/C21H25NO3/c1-24-18-10-8-17(9-11-18)21(12-3-4-13-21)15-22-20(23)16-6-5-7-19(14-16)25-2/h5-11,14H,3-4,12-13,15H2,1-2H3,(H,22,23). The highest BCUT2D eigenvalue weighted by Gasteiger charge is 2.36. The van der Waals surface area contributed by atoms with Crippen molar-refractivity contribution in [2.75, 3.05) is 20.8 Å². The summed E-state index contributed by atoms with van der Waals surface area (Å²) >= 11 is 0. The molecule has 0 heterocycles. The molecule has 1 amide bonds. The van der Waals surface area contributed by atoms with Gasteiger partial charge >= 0.3 is 0 Å². The summed E-state index contributed by atoms with van der Waals surface area (Å²) in [5, 5.41) is 3.13. The first-order valence-electron chi connectivity index (χ1n) is 8.74. The zero-order valence-corrected chi connectivity index (χ0v) is 14.9. The van der Waals surface area contributed by atoms with Crippen molar-refractivity contribution in [1.29, 1.82) is 0 Å². The second-order valence-electron chi connectivity index (χ2n) is 6.63. The minimum absolute atomic E-state index is 0.0147. The minimum Gasteiger partial charge on any atom is -0.497 e. The molecular weight excluding hydrogens is 314 g/mol. The van der Waals surface area contributed by atoms with E-state index in [9.17, 15) is 4.79 Å². The third-order valence-corrected chi connectivity index (χ3v) is 5.18. The molecular formula is C21H25NO3. The van der Waals surface area contributed by atoms with Crippen LogP contribution in [0.1, 0.15) is 41.6 Å². The molecule has 0 unspecified atom stereocenters. The highest BCUT2D eigenvalue weighted by molar-refractivity contribution is 5.94. The number of nitrogens with one attached hydrogen (secondary N) is 1. The number of methoxy groups -OCH3 is 2. The summed E-state index contributed by atoms with van der Waals surface area (Å²) in [6, 6.07) is 15.5. The molecule has 1 aliphatic carbocycles. The SMILES string of the molecule is COc1ccc(C2(CNC(=O)c3cccc(OC)c3)CCCC2)cc1. The number of hydrogen-bond donors (Lipinski definition) is 1. The Kier molecular flexibility index (Phi) is 5.27. The fourth-order valence-corrected chi connectivity index (χ4v) is 3.68.